The molecule has 0 aromatic heterocycles. The van der Waals surface area contributed by atoms with Gasteiger partial charge in [-0.05, 0) is 32.2 Å². The molecule has 0 bridgehead atoms. The van der Waals surface area contributed by atoms with Gasteiger partial charge in [-0.2, -0.15) is 0 Å². The molecular formula is C13H27N3O2. The van der Waals surface area contributed by atoms with Crippen molar-refractivity contribution < 1.29 is 9.59 Å². The predicted octanol–water partition coefficient (Wildman–Crippen LogP) is 0.880. The van der Waals surface area contributed by atoms with Gasteiger partial charge in [0.2, 0.25) is 11.8 Å². The van der Waals surface area contributed by atoms with Gasteiger partial charge >= 0.3 is 0 Å². The van der Waals surface area contributed by atoms with E-state index in [0.29, 0.717) is 26.1 Å². The van der Waals surface area contributed by atoms with Gasteiger partial charge in [-0.1, -0.05) is 13.8 Å². The average Bonchev–Trinajstić information content (AvgIpc) is 2.36. The Kier molecular flexibility index (Phi) is 10.3. The first-order valence-electron chi connectivity index (χ1n) is 6.90. The first-order chi connectivity index (χ1) is 8.65. The second-order valence-corrected chi connectivity index (χ2v) is 4.41. The van der Waals surface area contributed by atoms with Crippen molar-refractivity contribution in [1.82, 2.24) is 10.2 Å². The van der Waals surface area contributed by atoms with Gasteiger partial charge in [0.1, 0.15) is 0 Å². The molecule has 0 spiro atoms. The van der Waals surface area contributed by atoms with Crippen LogP contribution in [-0.2, 0) is 9.59 Å². The molecule has 0 aliphatic rings. The summed E-state index contributed by atoms with van der Waals surface area (Å²) >= 11 is 0. The highest BCUT2D eigenvalue weighted by Crippen LogP contribution is 2.01. The van der Waals surface area contributed by atoms with Gasteiger partial charge in [-0.3, -0.25) is 9.59 Å². The molecule has 2 amide bonds. The molecule has 0 radical (unpaired) electrons. The van der Waals surface area contributed by atoms with Crippen molar-refractivity contribution in [1.29, 1.82) is 0 Å². The SMILES string of the molecule is CCCNC(=O)CN(CCC)C(=O)CCCCN. The number of nitrogens with two attached hydrogens (primary N) is 1. The molecule has 5 nitrogen and oxygen atoms in total. The van der Waals surface area contributed by atoms with E-state index in [4.69, 9.17) is 5.73 Å². The van der Waals surface area contributed by atoms with Crippen LogP contribution in [0.2, 0.25) is 0 Å². The summed E-state index contributed by atoms with van der Waals surface area (Å²) in [6.45, 7) is 6.10. The smallest absolute Gasteiger partial charge is 0.239 e. The standard InChI is InChI=1S/C13H27N3O2/c1-3-9-15-12(17)11-16(10-4-2)13(18)7-5-6-8-14/h3-11,14H2,1-2H3,(H,15,17). The zero-order valence-electron chi connectivity index (χ0n) is 11.7. The molecule has 0 atom stereocenters. The Labute approximate surface area is 110 Å². The van der Waals surface area contributed by atoms with Crippen LogP contribution in [-0.4, -0.2) is 42.9 Å². The Morgan fingerprint density at radius 2 is 1.89 bits per heavy atom. The number of nitrogens with zero attached hydrogens (tertiary/aromatic N) is 1. The number of carbonyl (C=O) groups is 2. The highest BCUT2D eigenvalue weighted by molar-refractivity contribution is 5.84. The lowest BCUT2D eigenvalue weighted by molar-refractivity contribution is -0.136. The van der Waals surface area contributed by atoms with Crippen molar-refractivity contribution in [3.05, 3.63) is 0 Å². The van der Waals surface area contributed by atoms with Crippen LogP contribution in [0.25, 0.3) is 0 Å². The van der Waals surface area contributed by atoms with Crippen molar-refractivity contribution in [3.8, 4) is 0 Å². The molecule has 0 aliphatic heterocycles. The molecule has 106 valence electrons. The molecule has 0 saturated carbocycles. The number of rotatable bonds is 10. The van der Waals surface area contributed by atoms with Crippen molar-refractivity contribution in [3.63, 3.8) is 0 Å². The van der Waals surface area contributed by atoms with E-state index < -0.39 is 0 Å². The Morgan fingerprint density at radius 3 is 2.44 bits per heavy atom. The number of carbonyl (C=O) groups excluding carboxylic acids is 2. The van der Waals surface area contributed by atoms with Crippen LogP contribution in [0.3, 0.4) is 0 Å². The van der Waals surface area contributed by atoms with E-state index in [1.165, 1.54) is 0 Å². The lowest BCUT2D eigenvalue weighted by atomic mass is 10.2. The summed E-state index contributed by atoms with van der Waals surface area (Å²) < 4.78 is 0. The normalized spacial score (nSPS) is 10.2. The van der Waals surface area contributed by atoms with E-state index >= 15 is 0 Å². The average molecular weight is 257 g/mol. The maximum atomic E-state index is 11.9. The number of amides is 2. The van der Waals surface area contributed by atoms with E-state index in [1.807, 2.05) is 13.8 Å². The number of unbranched alkanes of at least 4 members (excludes halogenated alkanes) is 1. The van der Waals surface area contributed by atoms with E-state index in [-0.39, 0.29) is 18.4 Å². The van der Waals surface area contributed by atoms with Gasteiger partial charge < -0.3 is 16.0 Å². The second-order valence-electron chi connectivity index (χ2n) is 4.41. The van der Waals surface area contributed by atoms with E-state index in [9.17, 15) is 9.59 Å². The fourth-order valence-electron chi connectivity index (χ4n) is 1.63. The minimum Gasteiger partial charge on any atom is -0.355 e. The molecule has 0 aromatic rings. The van der Waals surface area contributed by atoms with Gasteiger partial charge in [0.05, 0.1) is 6.54 Å². The minimum atomic E-state index is -0.0718. The molecule has 0 fully saturated rings. The number of hydrogen-bond acceptors (Lipinski definition) is 3. The molecule has 0 rings (SSSR count). The Morgan fingerprint density at radius 1 is 1.17 bits per heavy atom. The Bertz CT molecular complexity index is 244. The molecular weight excluding hydrogens is 230 g/mol. The fourth-order valence-corrected chi connectivity index (χ4v) is 1.63. The largest absolute Gasteiger partial charge is 0.355 e. The molecule has 0 aliphatic carbocycles. The van der Waals surface area contributed by atoms with Crippen LogP contribution in [0.15, 0.2) is 0 Å². The van der Waals surface area contributed by atoms with Gasteiger partial charge in [-0.25, -0.2) is 0 Å². The van der Waals surface area contributed by atoms with Crippen LogP contribution in [0.4, 0.5) is 0 Å². The summed E-state index contributed by atoms with van der Waals surface area (Å²) in [5.74, 6) is -0.0191. The summed E-state index contributed by atoms with van der Waals surface area (Å²) in [5, 5.41) is 2.79. The monoisotopic (exact) mass is 257 g/mol. The van der Waals surface area contributed by atoms with Crippen molar-refractivity contribution in [2.45, 2.75) is 46.0 Å². The summed E-state index contributed by atoms with van der Waals surface area (Å²) in [4.78, 5) is 25.2. The molecule has 0 aromatic carbocycles. The highest BCUT2D eigenvalue weighted by atomic mass is 16.2. The van der Waals surface area contributed by atoms with Gasteiger partial charge in [-0.15, -0.1) is 0 Å². The maximum Gasteiger partial charge on any atom is 0.239 e. The summed E-state index contributed by atoms with van der Waals surface area (Å²) in [6.07, 6.45) is 3.91. The topological polar surface area (TPSA) is 75.4 Å². The third-order valence-corrected chi connectivity index (χ3v) is 2.60. The van der Waals surface area contributed by atoms with E-state index in [0.717, 1.165) is 25.7 Å². The lowest BCUT2D eigenvalue weighted by Gasteiger charge is -2.21. The lowest BCUT2D eigenvalue weighted by Crippen LogP contribution is -2.41. The third kappa shape index (κ3) is 8.06. The van der Waals surface area contributed by atoms with Crippen LogP contribution >= 0.6 is 0 Å². The van der Waals surface area contributed by atoms with Crippen LogP contribution in [0.1, 0.15) is 46.0 Å². The minimum absolute atomic E-state index is 0.0527. The van der Waals surface area contributed by atoms with Crippen LogP contribution in [0.5, 0.6) is 0 Å². The van der Waals surface area contributed by atoms with Crippen LogP contribution in [0, 0.1) is 0 Å². The summed E-state index contributed by atoms with van der Waals surface area (Å²) in [7, 11) is 0. The fraction of sp³-hybridized carbons (Fsp3) is 0.846. The molecule has 0 saturated heterocycles. The second kappa shape index (κ2) is 11.0. The number of hydrogen-bond donors (Lipinski definition) is 2. The zero-order valence-corrected chi connectivity index (χ0v) is 11.7. The van der Waals surface area contributed by atoms with Crippen LogP contribution < -0.4 is 11.1 Å². The molecule has 5 heteroatoms. The molecule has 0 unspecified atom stereocenters. The van der Waals surface area contributed by atoms with Crippen molar-refractivity contribution in [2.24, 2.45) is 5.73 Å². The van der Waals surface area contributed by atoms with Gasteiger partial charge in [0.15, 0.2) is 0 Å². The van der Waals surface area contributed by atoms with Crippen molar-refractivity contribution in [2.75, 3.05) is 26.2 Å². The highest BCUT2D eigenvalue weighted by Gasteiger charge is 2.15. The van der Waals surface area contributed by atoms with Gasteiger partial charge in [0, 0.05) is 19.5 Å². The predicted molar refractivity (Wildman–Crippen MR) is 73.1 cm³/mol. The number of nitrogens with one attached hydrogen (secondary N) is 1. The first-order valence-corrected chi connectivity index (χ1v) is 6.90. The quantitative estimate of drug-likeness (QED) is 0.570. The Balaban J connectivity index is 4.10. The summed E-state index contributed by atoms with van der Waals surface area (Å²) in [5.41, 5.74) is 5.40. The molecule has 18 heavy (non-hydrogen) atoms. The summed E-state index contributed by atoms with van der Waals surface area (Å²) in [6, 6.07) is 0. The third-order valence-electron chi connectivity index (χ3n) is 2.60. The molecule has 0 heterocycles. The maximum absolute atomic E-state index is 11.9. The van der Waals surface area contributed by atoms with E-state index in [2.05, 4.69) is 5.32 Å². The van der Waals surface area contributed by atoms with Gasteiger partial charge in [0.25, 0.3) is 0 Å². The van der Waals surface area contributed by atoms with Crippen molar-refractivity contribution >= 4 is 11.8 Å². The first kappa shape index (κ1) is 16.9. The van der Waals surface area contributed by atoms with E-state index in [1.54, 1.807) is 4.90 Å². The Hall–Kier alpha value is -1.10. The zero-order chi connectivity index (χ0) is 13.8. The molecule has 3 N–H and O–H groups in total.